The molecule has 0 spiro atoms. The molecule has 2 amide bonds. The lowest BCUT2D eigenvalue weighted by Gasteiger charge is -2.27. The van der Waals surface area contributed by atoms with Gasteiger partial charge in [0.15, 0.2) is 11.5 Å². The van der Waals surface area contributed by atoms with Crippen LogP contribution in [0.3, 0.4) is 0 Å². The molecule has 2 aromatic carbocycles. The Hall–Kier alpha value is -3.02. The van der Waals surface area contributed by atoms with Crippen molar-refractivity contribution in [3.05, 3.63) is 53.6 Å². The maximum atomic E-state index is 13.0. The molecule has 6 nitrogen and oxygen atoms in total. The Morgan fingerprint density at radius 3 is 2.50 bits per heavy atom. The van der Waals surface area contributed by atoms with Crippen LogP contribution in [0.25, 0.3) is 0 Å². The fraction of sp³-hybridized carbons (Fsp3) is 0.417. The summed E-state index contributed by atoms with van der Waals surface area (Å²) in [6.07, 6.45) is 4.79. The van der Waals surface area contributed by atoms with Crippen LogP contribution in [-0.2, 0) is 4.79 Å². The molecule has 2 aromatic rings. The standard InChI is InChI=1S/C24H26N2O4/c27-22-3-1-2-12-26(22)19-9-6-17(7-10-19)24(28)25-23(16-4-5-16)18-8-11-20-21(15-18)30-14-13-29-20/h6-11,15-16,23H,1-5,12-14H2,(H,25,28). The Balaban J connectivity index is 1.31. The van der Waals surface area contributed by atoms with Gasteiger partial charge in [-0.2, -0.15) is 0 Å². The Bertz CT molecular complexity index is 952. The van der Waals surface area contributed by atoms with Crippen LogP contribution in [-0.4, -0.2) is 31.6 Å². The molecule has 6 heteroatoms. The number of benzene rings is 2. The summed E-state index contributed by atoms with van der Waals surface area (Å²) in [6, 6.07) is 13.2. The third-order valence-corrected chi connectivity index (χ3v) is 6.07. The van der Waals surface area contributed by atoms with Gasteiger partial charge in [-0.15, -0.1) is 0 Å². The van der Waals surface area contributed by atoms with E-state index >= 15 is 0 Å². The van der Waals surface area contributed by atoms with Crippen molar-refractivity contribution in [2.45, 2.75) is 38.1 Å². The SMILES string of the molecule is O=C(NC(c1ccc2c(c1)OCCO2)C1CC1)c1ccc(N2CCCCC2=O)cc1. The highest BCUT2D eigenvalue weighted by atomic mass is 16.6. The molecule has 0 aromatic heterocycles. The second kappa shape index (κ2) is 8.01. The molecule has 2 aliphatic heterocycles. The highest BCUT2D eigenvalue weighted by Gasteiger charge is 2.34. The molecule has 1 unspecified atom stereocenters. The Labute approximate surface area is 176 Å². The van der Waals surface area contributed by atoms with Crippen molar-refractivity contribution < 1.29 is 19.1 Å². The van der Waals surface area contributed by atoms with E-state index in [4.69, 9.17) is 9.47 Å². The summed E-state index contributed by atoms with van der Waals surface area (Å²) >= 11 is 0. The quantitative estimate of drug-likeness (QED) is 0.819. The lowest BCUT2D eigenvalue weighted by molar-refractivity contribution is -0.119. The van der Waals surface area contributed by atoms with Gasteiger partial charge in [0.05, 0.1) is 6.04 Å². The van der Waals surface area contributed by atoms with Crippen molar-refractivity contribution in [2.75, 3.05) is 24.7 Å². The largest absolute Gasteiger partial charge is 0.486 e. The fourth-order valence-electron chi connectivity index (χ4n) is 4.25. The second-order valence-electron chi connectivity index (χ2n) is 8.24. The van der Waals surface area contributed by atoms with Crippen LogP contribution >= 0.6 is 0 Å². The van der Waals surface area contributed by atoms with Gasteiger partial charge in [0.2, 0.25) is 5.91 Å². The summed E-state index contributed by atoms with van der Waals surface area (Å²) in [5.41, 5.74) is 2.51. The van der Waals surface area contributed by atoms with Crippen LogP contribution in [0.15, 0.2) is 42.5 Å². The van der Waals surface area contributed by atoms with E-state index in [2.05, 4.69) is 5.32 Å². The highest BCUT2D eigenvalue weighted by Crippen LogP contribution is 2.43. The van der Waals surface area contributed by atoms with E-state index in [1.165, 1.54) is 0 Å². The van der Waals surface area contributed by atoms with Gasteiger partial charge in [0.25, 0.3) is 5.91 Å². The molecule has 2 heterocycles. The van der Waals surface area contributed by atoms with Crippen molar-refractivity contribution >= 4 is 17.5 Å². The lowest BCUT2D eigenvalue weighted by Crippen LogP contribution is -2.35. The first-order valence-corrected chi connectivity index (χ1v) is 10.8. The van der Waals surface area contributed by atoms with E-state index in [-0.39, 0.29) is 17.9 Å². The number of hydrogen-bond donors (Lipinski definition) is 1. The van der Waals surface area contributed by atoms with Crippen LogP contribution in [0.2, 0.25) is 0 Å². The number of carbonyl (C=O) groups excluding carboxylic acids is 2. The average Bonchev–Trinajstić information content (AvgIpc) is 3.63. The molecule has 1 aliphatic carbocycles. The average molecular weight is 406 g/mol. The molecule has 5 rings (SSSR count). The van der Waals surface area contributed by atoms with E-state index in [9.17, 15) is 9.59 Å². The third-order valence-electron chi connectivity index (χ3n) is 6.07. The molecule has 1 saturated carbocycles. The molecular formula is C24H26N2O4. The predicted octanol–water partition coefficient (Wildman–Crippen LogP) is 3.86. The first-order chi connectivity index (χ1) is 14.7. The van der Waals surface area contributed by atoms with Gasteiger partial charge in [-0.05, 0) is 73.6 Å². The first-order valence-electron chi connectivity index (χ1n) is 10.8. The topological polar surface area (TPSA) is 67.9 Å². The van der Waals surface area contributed by atoms with E-state index in [0.29, 0.717) is 31.1 Å². The van der Waals surface area contributed by atoms with E-state index < -0.39 is 0 Å². The Morgan fingerprint density at radius 2 is 1.77 bits per heavy atom. The summed E-state index contributed by atoms with van der Waals surface area (Å²) in [7, 11) is 0. The van der Waals surface area contributed by atoms with Gasteiger partial charge >= 0.3 is 0 Å². The summed E-state index contributed by atoms with van der Waals surface area (Å²) in [6.45, 7) is 1.86. The van der Waals surface area contributed by atoms with Gasteiger partial charge < -0.3 is 19.7 Å². The number of anilines is 1. The lowest BCUT2D eigenvalue weighted by atomic mass is 10.0. The number of nitrogens with zero attached hydrogens (tertiary/aromatic N) is 1. The van der Waals surface area contributed by atoms with Crippen molar-refractivity contribution in [1.29, 1.82) is 0 Å². The molecule has 1 N–H and O–H groups in total. The van der Waals surface area contributed by atoms with Crippen molar-refractivity contribution in [2.24, 2.45) is 5.92 Å². The second-order valence-corrected chi connectivity index (χ2v) is 8.24. The van der Waals surface area contributed by atoms with Crippen LogP contribution in [0.1, 0.15) is 54.1 Å². The number of nitrogens with one attached hydrogen (secondary N) is 1. The summed E-state index contributed by atoms with van der Waals surface area (Å²) in [5, 5.41) is 3.21. The minimum Gasteiger partial charge on any atom is -0.486 e. The molecular weight excluding hydrogens is 380 g/mol. The predicted molar refractivity (Wildman–Crippen MR) is 113 cm³/mol. The zero-order valence-corrected chi connectivity index (χ0v) is 16.9. The van der Waals surface area contributed by atoms with Gasteiger partial charge in [-0.1, -0.05) is 6.07 Å². The number of fused-ring (bicyclic) bond motifs is 1. The molecule has 30 heavy (non-hydrogen) atoms. The number of amides is 2. The summed E-state index contributed by atoms with van der Waals surface area (Å²) in [4.78, 5) is 26.9. The third kappa shape index (κ3) is 3.86. The van der Waals surface area contributed by atoms with Crippen LogP contribution in [0.4, 0.5) is 5.69 Å². The Kier molecular flexibility index (Phi) is 5.07. The van der Waals surface area contributed by atoms with E-state index in [1.54, 1.807) is 12.1 Å². The number of rotatable bonds is 5. The minimum absolute atomic E-state index is 0.0447. The molecule has 1 saturated heterocycles. The maximum absolute atomic E-state index is 13.0. The van der Waals surface area contributed by atoms with E-state index in [1.807, 2.05) is 35.2 Å². The molecule has 3 aliphatic rings. The zero-order valence-electron chi connectivity index (χ0n) is 16.9. The molecule has 2 fully saturated rings. The van der Waals surface area contributed by atoms with Crippen LogP contribution in [0.5, 0.6) is 11.5 Å². The van der Waals surface area contributed by atoms with Crippen LogP contribution in [0, 0.1) is 5.92 Å². The molecule has 0 bridgehead atoms. The van der Waals surface area contributed by atoms with Crippen molar-refractivity contribution in [1.82, 2.24) is 5.32 Å². The normalized spacial score (nSPS) is 19.3. The number of carbonyl (C=O) groups is 2. The Morgan fingerprint density at radius 1 is 1.00 bits per heavy atom. The van der Waals surface area contributed by atoms with Gasteiger partial charge in [-0.25, -0.2) is 0 Å². The van der Waals surface area contributed by atoms with Crippen molar-refractivity contribution in [3.63, 3.8) is 0 Å². The maximum Gasteiger partial charge on any atom is 0.251 e. The number of ether oxygens (including phenoxy) is 2. The highest BCUT2D eigenvalue weighted by molar-refractivity contribution is 5.97. The summed E-state index contributed by atoms with van der Waals surface area (Å²) in [5.74, 6) is 2.01. The summed E-state index contributed by atoms with van der Waals surface area (Å²) < 4.78 is 11.3. The minimum atomic E-state index is -0.0988. The van der Waals surface area contributed by atoms with Gasteiger partial charge in [-0.3, -0.25) is 9.59 Å². The van der Waals surface area contributed by atoms with Gasteiger partial charge in [0, 0.05) is 24.2 Å². The zero-order chi connectivity index (χ0) is 20.5. The smallest absolute Gasteiger partial charge is 0.251 e. The van der Waals surface area contributed by atoms with Gasteiger partial charge in [0.1, 0.15) is 13.2 Å². The van der Waals surface area contributed by atoms with Crippen molar-refractivity contribution in [3.8, 4) is 11.5 Å². The van der Waals surface area contributed by atoms with Crippen LogP contribution < -0.4 is 19.7 Å². The first kappa shape index (κ1) is 19.0. The molecule has 156 valence electrons. The molecule has 0 radical (unpaired) electrons. The van der Waals surface area contributed by atoms with E-state index in [0.717, 1.165) is 55.0 Å². The monoisotopic (exact) mass is 406 g/mol. The number of hydrogen-bond acceptors (Lipinski definition) is 4. The fourth-order valence-corrected chi connectivity index (χ4v) is 4.25. The number of piperidine rings is 1. The molecule has 1 atom stereocenters.